The Hall–Kier alpha value is -3.92. The number of ketones is 1. The second-order valence-corrected chi connectivity index (χ2v) is 9.43. The lowest BCUT2D eigenvalue weighted by Crippen LogP contribution is -2.47. The van der Waals surface area contributed by atoms with Crippen molar-refractivity contribution in [3.63, 3.8) is 0 Å². The van der Waals surface area contributed by atoms with Crippen LogP contribution in [0.4, 0.5) is 0 Å². The topological polar surface area (TPSA) is 130 Å². The average Bonchev–Trinajstić information content (AvgIpc) is 2.98. The van der Waals surface area contributed by atoms with Gasteiger partial charge in [0.2, 0.25) is 5.75 Å². The number of aliphatic hydroxyl groups excluding tert-OH is 1. The Labute approximate surface area is 234 Å². The molecule has 0 saturated heterocycles. The predicted octanol–water partition coefficient (Wildman–Crippen LogP) is 4.43. The molecule has 0 heterocycles. The first-order valence-corrected chi connectivity index (χ1v) is 13.0. The number of hydrogen-bond acceptors (Lipinski definition) is 10. The number of fused-ring (bicyclic) bond motifs is 1. The molecule has 2 aromatic rings. The highest BCUT2D eigenvalue weighted by Gasteiger charge is 2.56. The van der Waals surface area contributed by atoms with Gasteiger partial charge in [-0.2, -0.15) is 0 Å². The number of carbonyl (C=O) groups excluding carboxylic acids is 2. The lowest BCUT2D eigenvalue weighted by molar-refractivity contribution is -0.153. The van der Waals surface area contributed by atoms with Crippen LogP contribution in [0.3, 0.4) is 0 Å². The van der Waals surface area contributed by atoms with E-state index in [4.69, 9.17) is 28.4 Å². The number of aliphatic hydroxyl groups is 2. The van der Waals surface area contributed by atoms with Crippen LogP contribution in [0.1, 0.15) is 49.8 Å². The van der Waals surface area contributed by atoms with E-state index in [1.54, 1.807) is 12.1 Å². The van der Waals surface area contributed by atoms with Crippen LogP contribution < -0.4 is 23.7 Å². The smallest absolute Gasteiger partial charge is 0.317 e. The minimum absolute atomic E-state index is 0.001000. The van der Waals surface area contributed by atoms with E-state index in [2.05, 4.69) is 0 Å². The van der Waals surface area contributed by atoms with E-state index in [-0.39, 0.29) is 57.6 Å². The van der Waals surface area contributed by atoms with Gasteiger partial charge in [0.15, 0.2) is 28.8 Å². The first-order chi connectivity index (χ1) is 19.1. The molecule has 2 N–H and O–H groups in total. The van der Waals surface area contributed by atoms with Crippen molar-refractivity contribution in [1.29, 1.82) is 0 Å². The molecule has 0 bridgehead atoms. The molecule has 10 heteroatoms. The number of ether oxygens (including phenoxy) is 6. The Morgan fingerprint density at radius 2 is 1.45 bits per heavy atom. The fraction of sp³-hybridized carbons (Fsp3) is 0.467. The minimum Gasteiger partial charge on any atom is -0.507 e. The third-order valence-corrected chi connectivity index (χ3v) is 7.62. The molecule has 3 rings (SSSR count). The van der Waals surface area contributed by atoms with E-state index >= 15 is 0 Å². The molecule has 0 aliphatic heterocycles. The Balaban J connectivity index is 2.56. The number of Topliss-reactive ketones (excluding diaryl/α,β-unsaturated/α-hetero) is 1. The summed E-state index contributed by atoms with van der Waals surface area (Å²) in [5, 5.41) is 24.5. The van der Waals surface area contributed by atoms with Gasteiger partial charge in [0.25, 0.3) is 0 Å². The molecule has 0 aromatic heterocycles. The highest BCUT2D eigenvalue weighted by Crippen LogP contribution is 2.57. The summed E-state index contributed by atoms with van der Waals surface area (Å²) in [6.07, 6.45) is 1.49. The van der Waals surface area contributed by atoms with E-state index in [1.165, 1.54) is 47.7 Å². The zero-order valence-corrected chi connectivity index (χ0v) is 24.2. The molecular formula is C30H38O10. The van der Waals surface area contributed by atoms with Crippen molar-refractivity contribution >= 4 is 17.5 Å². The lowest BCUT2D eigenvalue weighted by Gasteiger charge is -2.42. The van der Waals surface area contributed by atoms with Crippen LogP contribution in [-0.2, 0) is 19.9 Å². The Morgan fingerprint density at radius 3 is 1.95 bits per heavy atom. The van der Waals surface area contributed by atoms with E-state index in [0.29, 0.717) is 18.6 Å². The molecule has 10 nitrogen and oxygen atoms in total. The van der Waals surface area contributed by atoms with Gasteiger partial charge in [-0.3, -0.25) is 9.59 Å². The van der Waals surface area contributed by atoms with Gasteiger partial charge in [0.05, 0.1) is 48.2 Å². The number of methoxy groups -OCH3 is 6. The molecule has 1 aliphatic carbocycles. The van der Waals surface area contributed by atoms with Crippen molar-refractivity contribution in [3.8, 4) is 28.7 Å². The molecule has 0 amide bonds. The Kier molecular flexibility index (Phi) is 9.57. The summed E-state index contributed by atoms with van der Waals surface area (Å²) in [7, 11) is 8.21. The number of rotatable bonds is 12. The van der Waals surface area contributed by atoms with E-state index in [0.717, 1.165) is 7.11 Å². The van der Waals surface area contributed by atoms with Gasteiger partial charge in [-0.05, 0) is 29.7 Å². The number of hydrogen-bond donors (Lipinski definition) is 2. The molecule has 2 aromatic carbocycles. The number of esters is 1. The predicted molar refractivity (Wildman–Crippen MR) is 147 cm³/mol. The van der Waals surface area contributed by atoms with Gasteiger partial charge in [-0.15, -0.1) is 0 Å². The highest BCUT2D eigenvalue weighted by molar-refractivity contribution is 6.08. The maximum absolute atomic E-state index is 13.9. The number of carbonyl (C=O) groups is 2. The molecule has 2 unspecified atom stereocenters. The summed E-state index contributed by atoms with van der Waals surface area (Å²) in [6.45, 7) is 3.93. The standard InChI is InChI=1S/C30H38O10/c1-9-16(10-2)13-19(31)23-25(29(33)40-8)30(34,17-11-12-20(35-3)21(14-17)36-4)24-18(26(23)32)15-22(37-5)27(38-6)28(24)39-7/h11-12,14-16,25,32,34H,9-10,13H2,1-8H3. The third-order valence-electron chi connectivity index (χ3n) is 7.62. The van der Waals surface area contributed by atoms with Crippen LogP contribution in [0.5, 0.6) is 28.7 Å². The molecule has 2 atom stereocenters. The second-order valence-electron chi connectivity index (χ2n) is 9.43. The van der Waals surface area contributed by atoms with Crippen LogP contribution in [0, 0.1) is 11.8 Å². The van der Waals surface area contributed by atoms with E-state index in [1.807, 2.05) is 13.8 Å². The summed E-state index contributed by atoms with van der Waals surface area (Å²) in [6, 6.07) is 6.05. The van der Waals surface area contributed by atoms with Crippen LogP contribution in [0.25, 0.3) is 5.76 Å². The molecule has 40 heavy (non-hydrogen) atoms. The summed E-state index contributed by atoms with van der Waals surface area (Å²) < 4.78 is 32.7. The SMILES string of the molecule is CCC(CC)CC(=O)C1=C(O)c2cc(OC)c(OC)c(OC)c2C(O)(c2ccc(OC)c(OC)c2)C1C(=O)OC. The van der Waals surface area contributed by atoms with Gasteiger partial charge >= 0.3 is 5.97 Å². The van der Waals surface area contributed by atoms with Crippen molar-refractivity contribution in [3.05, 3.63) is 46.5 Å². The maximum Gasteiger partial charge on any atom is 0.317 e. The van der Waals surface area contributed by atoms with Crippen LogP contribution >= 0.6 is 0 Å². The summed E-state index contributed by atoms with van der Waals surface area (Å²) >= 11 is 0. The van der Waals surface area contributed by atoms with Crippen LogP contribution in [0.2, 0.25) is 0 Å². The zero-order valence-electron chi connectivity index (χ0n) is 24.2. The van der Waals surface area contributed by atoms with Crippen LogP contribution in [-0.4, -0.2) is 64.6 Å². The molecular weight excluding hydrogens is 520 g/mol. The van der Waals surface area contributed by atoms with Crippen molar-refractivity contribution in [1.82, 2.24) is 0 Å². The van der Waals surface area contributed by atoms with Gasteiger partial charge in [-0.1, -0.05) is 32.8 Å². The number of benzene rings is 2. The molecule has 1 aliphatic rings. The zero-order chi connectivity index (χ0) is 29.8. The quantitative estimate of drug-likeness (QED) is 0.361. The Bertz CT molecular complexity index is 1290. The molecule has 0 saturated carbocycles. The first kappa shape index (κ1) is 30.6. The van der Waals surface area contributed by atoms with Gasteiger partial charge in [0, 0.05) is 17.5 Å². The summed E-state index contributed by atoms with van der Waals surface area (Å²) in [4.78, 5) is 27.5. The molecule has 0 radical (unpaired) electrons. The molecule has 0 spiro atoms. The summed E-state index contributed by atoms with van der Waals surface area (Å²) in [5.74, 6) is -2.62. The van der Waals surface area contributed by atoms with Crippen molar-refractivity contribution in [2.75, 3.05) is 42.7 Å². The fourth-order valence-electron chi connectivity index (χ4n) is 5.39. The Morgan fingerprint density at radius 1 is 0.850 bits per heavy atom. The van der Waals surface area contributed by atoms with Gasteiger partial charge < -0.3 is 38.6 Å². The lowest BCUT2D eigenvalue weighted by atomic mass is 9.65. The van der Waals surface area contributed by atoms with E-state index < -0.39 is 29.0 Å². The normalized spacial score (nSPS) is 18.2. The fourth-order valence-corrected chi connectivity index (χ4v) is 5.39. The van der Waals surface area contributed by atoms with Crippen molar-refractivity contribution in [2.45, 2.75) is 38.7 Å². The van der Waals surface area contributed by atoms with Crippen molar-refractivity contribution in [2.24, 2.45) is 11.8 Å². The minimum atomic E-state index is -2.29. The van der Waals surface area contributed by atoms with Crippen molar-refractivity contribution < 1.29 is 48.2 Å². The monoisotopic (exact) mass is 558 g/mol. The summed E-state index contributed by atoms with van der Waals surface area (Å²) in [5.41, 5.74) is -2.37. The maximum atomic E-state index is 13.9. The van der Waals surface area contributed by atoms with Gasteiger partial charge in [-0.25, -0.2) is 0 Å². The second kappa shape index (κ2) is 12.5. The first-order valence-electron chi connectivity index (χ1n) is 13.0. The van der Waals surface area contributed by atoms with Gasteiger partial charge in [0.1, 0.15) is 17.3 Å². The largest absolute Gasteiger partial charge is 0.507 e. The van der Waals surface area contributed by atoms with Crippen LogP contribution in [0.15, 0.2) is 29.8 Å². The van der Waals surface area contributed by atoms with E-state index in [9.17, 15) is 19.8 Å². The third kappa shape index (κ3) is 4.92. The average molecular weight is 559 g/mol. The molecule has 218 valence electrons. The highest BCUT2D eigenvalue weighted by atomic mass is 16.5. The molecule has 0 fully saturated rings.